The third kappa shape index (κ3) is 4.51. The summed E-state index contributed by atoms with van der Waals surface area (Å²) in [5, 5.41) is 2.92. The summed E-state index contributed by atoms with van der Waals surface area (Å²) in [4.78, 5) is 28.7. The molecule has 0 unspecified atom stereocenters. The Balaban J connectivity index is 1.69. The molecule has 0 saturated carbocycles. The van der Waals surface area contributed by atoms with E-state index in [2.05, 4.69) is 10.1 Å². The van der Waals surface area contributed by atoms with E-state index in [1.54, 1.807) is 25.3 Å². The molecule has 2 aromatic heterocycles. The van der Waals surface area contributed by atoms with Crippen molar-refractivity contribution in [1.82, 2.24) is 14.8 Å². The van der Waals surface area contributed by atoms with Crippen LogP contribution in [0, 0.1) is 6.92 Å². The number of benzene rings is 1. The molecule has 27 heavy (non-hydrogen) atoms. The number of ether oxygens (including phenoxy) is 2. The first kappa shape index (κ1) is 18.6. The summed E-state index contributed by atoms with van der Waals surface area (Å²) in [6.45, 7) is 3.04. The van der Waals surface area contributed by atoms with Crippen molar-refractivity contribution in [2.24, 2.45) is 0 Å². The minimum atomic E-state index is -0.466. The quantitative estimate of drug-likeness (QED) is 0.512. The number of rotatable bonds is 7. The Kier molecular flexibility index (Phi) is 5.83. The number of nitrogens with one attached hydrogen (secondary N) is 1. The molecule has 140 valence electrons. The maximum absolute atomic E-state index is 12.6. The van der Waals surface area contributed by atoms with Crippen molar-refractivity contribution >= 4 is 5.97 Å². The molecule has 3 rings (SSSR count). The topological polar surface area (TPSA) is 86.2 Å². The highest BCUT2D eigenvalue weighted by atomic mass is 16.5. The first-order valence-electron chi connectivity index (χ1n) is 8.55. The van der Waals surface area contributed by atoms with Gasteiger partial charge in [-0.05, 0) is 24.6 Å². The number of carbonyl (C=O) groups excluding carboxylic acids is 1. The van der Waals surface area contributed by atoms with Crippen LogP contribution in [0.15, 0.2) is 53.5 Å². The van der Waals surface area contributed by atoms with E-state index in [1.807, 2.05) is 30.3 Å². The van der Waals surface area contributed by atoms with Gasteiger partial charge in [-0.25, -0.2) is 4.79 Å². The summed E-state index contributed by atoms with van der Waals surface area (Å²) in [5.41, 5.74) is 2.68. The number of esters is 1. The molecule has 0 aliphatic heterocycles. The number of aryl methyl sites for hydroxylation is 1. The van der Waals surface area contributed by atoms with E-state index >= 15 is 0 Å². The molecule has 0 bridgehead atoms. The number of carbonyl (C=O) groups is 1. The van der Waals surface area contributed by atoms with Crippen molar-refractivity contribution in [3.05, 3.63) is 75.8 Å². The lowest BCUT2D eigenvalue weighted by atomic mass is 10.1. The van der Waals surface area contributed by atoms with Crippen LogP contribution in [0.3, 0.4) is 0 Å². The lowest BCUT2D eigenvalue weighted by Crippen LogP contribution is -2.21. The van der Waals surface area contributed by atoms with E-state index in [1.165, 1.54) is 11.8 Å². The second kappa shape index (κ2) is 8.46. The predicted molar refractivity (Wildman–Crippen MR) is 100 cm³/mol. The summed E-state index contributed by atoms with van der Waals surface area (Å²) in [6, 6.07) is 13.0. The van der Waals surface area contributed by atoms with E-state index < -0.39 is 5.97 Å². The Morgan fingerprint density at radius 2 is 2.00 bits per heavy atom. The summed E-state index contributed by atoms with van der Waals surface area (Å²) >= 11 is 0. The number of H-pyrrole nitrogens is 1. The van der Waals surface area contributed by atoms with E-state index in [9.17, 15) is 9.59 Å². The fraction of sp³-hybridized carbons (Fsp3) is 0.250. The highest BCUT2D eigenvalue weighted by Crippen LogP contribution is 2.16. The minimum absolute atomic E-state index is 0.216. The molecular weight excluding hydrogens is 346 g/mol. The zero-order valence-electron chi connectivity index (χ0n) is 15.3. The van der Waals surface area contributed by atoms with Crippen molar-refractivity contribution in [3.8, 4) is 11.3 Å². The van der Waals surface area contributed by atoms with Crippen LogP contribution in [0.5, 0.6) is 0 Å². The van der Waals surface area contributed by atoms with Crippen molar-refractivity contribution in [2.75, 3.05) is 13.7 Å². The maximum Gasteiger partial charge on any atom is 0.337 e. The van der Waals surface area contributed by atoms with Gasteiger partial charge in [0.2, 0.25) is 0 Å². The molecule has 2 heterocycles. The van der Waals surface area contributed by atoms with Gasteiger partial charge < -0.3 is 14.6 Å². The summed E-state index contributed by atoms with van der Waals surface area (Å²) in [6.07, 6.45) is 1.59. The predicted octanol–water partition coefficient (Wildman–Crippen LogP) is 2.55. The van der Waals surface area contributed by atoms with Crippen LogP contribution >= 0.6 is 0 Å². The second-order valence-electron chi connectivity index (χ2n) is 6.06. The average molecular weight is 367 g/mol. The summed E-state index contributed by atoms with van der Waals surface area (Å²) < 4.78 is 11.8. The smallest absolute Gasteiger partial charge is 0.337 e. The maximum atomic E-state index is 12.6. The Morgan fingerprint density at radius 1 is 1.22 bits per heavy atom. The summed E-state index contributed by atoms with van der Waals surface area (Å²) in [7, 11) is 1.32. The molecule has 0 fully saturated rings. The molecule has 0 aliphatic rings. The van der Waals surface area contributed by atoms with Gasteiger partial charge in [0.1, 0.15) is 0 Å². The fourth-order valence-corrected chi connectivity index (χ4v) is 2.72. The Morgan fingerprint density at radius 3 is 2.74 bits per heavy atom. The van der Waals surface area contributed by atoms with E-state index in [4.69, 9.17) is 9.47 Å². The lowest BCUT2D eigenvalue weighted by Gasteiger charge is -2.05. The number of aromatic amines is 1. The third-order valence-electron chi connectivity index (χ3n) is 4.06. The van der Waals surface area contributed by atoms with Gasteiger partial charge in [0, 0.05) is 11.9 Å². The van der Waals surface area contributed by atoms with Crippen LogP contribution in [-0.2, 0) is 22.6 Å². The molecule has 1 N–H and O–H groups in total. The molecule has 1 aromatic carbocycles. The lowest BCUT2D eigenvalue weighted by molar-refractivity contribution is 0.0600. The molecule has 0 aliphatic carbocycles. The molecule has 0 radical (unpaired) electrons. The average Bonchev–Trinajstić information content (AvgIpc) is 3.05. The first-order valence-corrected chi connectivity index (χ1v) is 8.55. The minimum Gasteiger partial charge on any atom is -0.465 e. The zero-order valence-corrected chi connectivity index (χ0v) is 15.3. The summed E-state index contributed by atoms with van der Waals surface area (Å²) in [5.74, 6) is -0.466. The SMILES string of the molecule is COC(=O)c1cc(C)nc(-c2c[nH]n(CCOCc3ccccc3)c2=O)c1. The molecule has 0 saturated heterocycles. The van der Waals surface area contributed by atoms with E-state index in [0.717, 1.165) is 5.56 Å². The van der Waals surface area contributed by atoms with Gasteiger partial charge in [0.15, 0.2) is 0 Å². The first-order chi connectivity index (χ1) is 13.1. The van der Waals surface area contributed by atoms with Crippen molar-refractivity contribution in [3.63, 3.8) is 0 Å². The Bertz CT molecular complexity index is 976. The number of nitrogens with zero attached hydrogens (tertiary/aromatic N) is 2. The van der Waals surface area contributed by atoms with Crippen molar-refractivity contribution in [2.45, 2.75) is 20.1 Å². The highest BCUT2D eigenvalue weighted by molar-refractivity contribution is 5.90. The molecule has 7 nitrogen and oxygen atoms in total. The van der Waals surface area contributed by atoms with Crippen molar-refractivity contribution in [1.29, 1.82) is 0 Å². The third-order valence-corrected chi connectivity index (χ3v) is 4.06. The van der Waals surface area contributed by atoms with Gasteiger partial charge in [-0.2, -0.15) is 0 Å². The zero-order chi connectivity index (χ0) is 19.2. The fourth-order valence-electron chi connectivity index (χ4n) is 2.72. The molecular formula is C20H21N3O4. The van der Waals surface area contributed by atoms with Gasteiger partial charge >= 0.3 is 5.97 Å². The monoisotopic (exact) mass is 367 g/mol. The van der Waals surface area contributed by atoms with Crippen molar-refractivity contribution < 1.29 is 14.3 Å². The number of aromatic nitrogens is 3. The largest absolute Gasteiger partial charge is 0.465 e. The molecule has 3 aromatic rings. The highest BCUT2D eigenvalue weighted by Gasteiger charge is 2.14. The van der Waals surface area contributed by atoms with Crippen LogP contribution < -0.4 is 5.56 Å². The normalized spacial score (nSPS) is 10.7. The number of pyridine rings is 1. The number of methoxy groups -OCH3 is 1. The van der Waals surface area contributed by atoms with Gasteiger partial charge in [-0.1, -0.05) is 30.3 Å². The molecule has 0 amide bonds. The Hall–Kier alpha value is -3.19. The number of hydrogen-bond acceptors (Lipinski definition) is 5. The van der Waals surface area contributed by atoms with Crippen LogP contribution in [0.1, 0.15) is 21.6 Å². The molecule has 7 heteroatoms. The molecule has 0 atom stereocenters. The Labute approximate surface area is 156 Å². The van der Waals surface area contributed by atoms with Gasteiger partial charge in [-0.15, -0.1) is 0 Å². The molecule has 0 spiro atoms. The van der Waals surface area contributed by atoms with Gasteiger partial charge in [0.25, 0.3) is 5.56 Å². The number of hydrogen-bond donors (Lipinski definition) is 1. The van der Waals surface area contributed by atoms with Crippen LogP contribution in [-0.4, -0.2) is 34.5 Å². The standard InChI is InChI=1S/C20H21N3O4/c1-14-10-16(20(25)26-2)11-18(22-14)17-12-21-23(19(17)24)8-9-27-13-15-6-4-3-5-7-15/h3-7,10-12,21H,8-9,13H2,1-2H3. The van der Waals surface area contributed by atoms with Crippen LogP contribution in [0.25, 0.3) is 11.3 Å². The van der Waals surface area contributed by atoms with E-state index in [0.29, 0.717) is 42.3 Å². The van der Waals surface area contributed by atoms with Crippen LogP contribution in [0.2, 0.25) is 0 Å². The second-order valence-corrected chi connectivity index (χ2v) is 6.06. The van der Waals surface area contributed by atoms with E-state index in [-0.39, 0.29) is 5.56 Å². The van der Waals surface area contributed by atoms with Gasteiger partial charge in [-0.3, -0.25) is 14.5 Å². The van der Waals surface area contributed by atoms with Gasteiger partial charge in [0.05, 0.1) is 43.7 Å². The van der Waals surface area contributed by atoms with Crippen LogP contribution in [0.4, 0.5) is 0 Å².